The molecule has 0 saturated carbocycles. The lowest BCUT2D eigenvalue weighted by Gasteiger charge is -2.18. The van der Waals surface area contributed by atoms with Crippen LogP contribution in [0.15, 0.2) is 134 Å². The van der Waals surface area contributed by atoms with Crippen molar-refractivity contribution in [2.75, 3.05) is 13.2 Å². The van der Waals surface area contributed by atoms with Crippen molar-refractivity contribution in [1.29, 1.82) is 0 Å². The van der Waals surface area contributed by atoms with Gasteiger partial charge in [0.25, 0.3) is 0 Å². The molecule has 1 atom stereocenters. The van der Waals surface area contributed by atoms with Crippen molar-refractivity contribution in [2.45, 2.75) is 284 Å². The van der Waals surface area contributed by atoms with E-state index in [1.54, 1.807) is 0 Å². The number of rotatable bonds is 56. The molecule has 0 fully saturated rings. The number of ether oxygens (including phenoxy) is 3. The summed E-state index contributed by atoms with van der Waals surface area (Å²) in [6.45, 7) is 6.35. The van der Waals surface area contributed by atoms with Crippen molar-refractivity contribution < 1.29 is 28.6 Å². The molecule has 1 unspecified atom stereocenters. The SMILES string of the molecule is CC/C=C\C/C=C\C/C=C\C/C=C\C/C=C\C/C=C\CCC(=O)OC(COC(=O)CCCCCCCCCCCCC)COC(=O)CCCCCCCCCCCCCCC/C=C\C/C=C\C/C=C\C/C=C\C/C=C\CC. The lowest BCUT2D eigenvalue weighted by Crippen LogP contribution is -2.30. The van der Waals surface area contributed by atoms with Crippen LogP contribution in [0.4, 0.5) is 0 Å². The molecule has 0 rings (SSSR count). The Morgan fingerprint density at radius 1 is 0.273 bits per heavy atom. The summed E-state index contributed by atoms with van der Waals surface area (Å²) in [5.41, 5.74) is 0. The van der Waals surface area contributed by atoms with Gasteiger partial charge in [-0.1, -0.05) is 289 Å². The first kappa shape index (κ1) is 72.5. The van der Waals surface area contributed by atoms with Gasteiger partial charge >= 0.3 is 17.9 Å². The Hall–Kier alpha value is -4.45. The van der Waals surface area contributed by atoms with Gasteiger partial charge in [0.05, 0.1) is 0 Å². The van der Waals surface area contributed by atoms with Gasteiger partial charge in [-0.3, -0.25) is 14.4 Å². The quantitative estimate of drug-likeness (QED) is 0.0261. The predicted molar refractivity (Wildman–Crippen MR) is 334 cm³/mol. The van der Waals surface area contributed by atoms with Gasteiger partial charge in [0, 0.05) is 19.3 Å². The number of allylic oxidation sites excluding steroid dienone is 22. The Kier molecular flexibility index (Phi) is 60.4. The summed E-state index contributed by atoms with van der Waals surface area (Å²) in [6.07, 6.45) is 90.5. The maximum Gasteiger partial charge on any atom is 0.306 e. The van der Waals surface area contributed by atoms with E-state index >= 15 is 0 Å². The second-order valence-corrected chi connectivity index (χ2v) is 20.6. The van der Waals surface area contributed by atoms with E-state index in [4.69, 9.17) is 14.2 Å². The molecule has 0 amide bonds. The van der Waals surface area contributed by atoms with Crippen LogP contribution in [0.5, 0.6) is 0 Å². The average molecular weight is 1070 g/mol. The molecule has 0 saturated heterocycles. The molecule has 0 aliphatic heterocycles. The molecule has 0 aliphatic rings. The molecule has 0 aromatic rings. The summed E-state index contributed by atoms with van der Waals surface area (Å²) < 4.78 is 16.8. The van der Waals surface area contributed by atoms with E-state index in [9.17, 15) is 14.4 Å². The summed E-state index contributed by atoms with van der Waals surface area (Å²) in [7, 11) is 0. The Morgan fingerprint density at radius 2 is 0.532 bits per heavy atom. The molecule has 6 heteroatoms. The summed E-state index contributed by atoms with van der Waals surface area (Å²) in [5.74, 6) is -0.994. The van der Waals surface area contributed by atoms with Gasteiger partial charge in [-0.15, -0.1) is 0 Å². The number of carbonyl (C=O) groups is 3. The highest BCUT2D eigenvalue weighted by molar-refractivity contribution is 5.71. The predicted octanol–water partition coefficient (Wildman–Crippen LogP) is 21.8. The lowest BCUT2D eigenvalue weighted by atomic mass is 10.0. The first-order chi connectivity index (χ1) is 38.0. The third kappa shape index (κ3) is 62.3. The first-order valence-electron chi connectivity index (χ1n) is 31.7. The van der Waals surface area contributed by atoms with Crippen molar-refractivity contribution in [3.63, 3.8) is 0 Å². The van der Waals surface area contributed by atoms with E-state index in [0.29, 0.717) is 19.3 Å². The van der Waals surface area contributed by atoms with Crippen molar-refractivity contribution in [1.82, 2.24) is 0 Å². The number of hydrogen-bond acceptors (Lipinski definition) is 6. The zero-order valence-electron chi connectivity index (χ0n) is 49.9. The van der Waals surface area contributed by atoms with Gasteiger partial charge < -0.3 is 14.2 Å². The van der Waals surface area contributed by atoms with Crippen molar-refractivity contribution in [3.05, 3.63) is 134 Å². The highest BCUT2D eigenvalue weighted by Crippen LogP contribution is 2.16. The standard InChI is InChI=1S/C71H116O6/c1-4-7-10-13-16-19-22-24-26-28-30-31-32-33-34-35-36-37-38-39-41-42-44-46-49-52-55-58-61-64-70(73)76-67-68(66-75-69(72)63-60-57-54-51-48-21-18-15-12-9-6-3)77-71(74)65-62-59-56-53-50-47-45-43-40-29-27-25-23-20-17-14-11-8-5-2/h7-8,10-11,16-17,19-20,24-27,30-31,33-34,40,43,47,50,56,59,68H,4-6,9,12-15,18,21-23,28-29,32,35-39,41-42,44-46,48-49,51-55,57-58,60-67H2,1-3H3/b10-7-,11-8-,19-16-,20-17-,26-24-,27-25-,31-30-,34-33-,43-40-,50-47-,59-56-. The molecule has 0 bridgehead atoms. The molecular weight excluding hydrogens is 949 g/mol. The smallest absolute Gasteiger partial charge is 0.306 e. The van der Waals surface area contributed by atoms with E-state index in [1.807, 2.05) is 6.08 Å². The van der Waals surface area contributed by atoms with Crippen molar-refractivity contribution >= 4 is 17.9 Å². The van der Waals surface area contributed by atoms with E-state index in [-0.39, 0.29) is 31.6 Å². The minimum Gasteiger partial charge on any atom is -0.462 e. The monoisotopic (exact) mass is 1060 g/mol. The largest absolute Gasteiger partial charge is 0.462 e. The minimum absolute atomic E-state index is 0.109. The molecule has 0 N–H and O–H groups in total. The average Bonchev–Trinajstić information content (AvgIpc) is 3.43. The molecule has 6 nitrogen and oxygen atoms in total. The van der Waals surface area contributed by atoms with Crippen LogP contribution in [0.1, 0.15) is 278 Å². The van der Waals surface area contributed by atoms with Crippen LogP contribution in [-0.4, -0.2) is 37.2 Å². The first-order valence-corrected chi connectivity index (χ1v) is 31.7. The third-order valence-electron chi connectivity index (χ3n) is 13.2. The molecule has 77 heavy (non-hydrogen) atoms. The maximum atomic E-state index is 12.8. The van der Waals surface area contributed by atoms with Crippen LogP contribution in [0.3, 0.4) is 0 Å². The summed E-state index contributed by atoms with van der Waals surface area (Å²) in [6, 6.07) is 0. The Balaban J connectivity index is 4.33. The zero-order chi connectivity index (χ0) is 55.7. The Morgan fingerprint density at radius 3 is 0.844 bits per heavy atom. The Bertz CT molecular complexity index is 1650. The molecule has 0 aromatic carbocycles. The van der Waals surface area contributed by atoms with Gasteiger partial charge in [0.1, 0.15) is 13.2 Å². The van der Waals surface area contributed by atoms with Crippen LogP contribution in [-0.2, 0) is 28.6 Å². The maximum absolute atomic E-state index is 12.8. The molecule has 0 aromatic heterocycles. The van der Waals surface area contributed by atoms with Gasteiger partial charge in [0.15, 0.2) is 6.10 Å². The van der Waals surface area contributed by atoms with Crippen LogP contribution in [0, 0.1) is 0 Å². The zero-order valence-corrected chi connectivity index (χ0v) is 49.9. The van der Waals surface area contributed by atoms with E-state index < -0.39 is 12.1 Å². The Labute approximate surface area is 475 Å². The molecule has 0 spiro atoms. The van der Waals surface area contributed by atoms with Gasteiger partial charge in [-0.2, -0.15) is 0 Å². The fourth-order valence-corrected chi connectivity index (χ4v) is 8.50. The number of carbonyl (C=O) groups excluding carboxylic acids is 3. The second-order valence-electron chi connectivity index (χ2n) is 20.6. The molecular formula is C71H116O6. The minimum atomic E-state index is -0.821. The van der Waals surface area contributed by atoms with Crippen LogP contribution < -0.4 is 0 Å². The third-order valence-corrected chi connectivity index (χ3v) is 13.2. The summed E-state index contributed by atoms with van der Waals surface area (Å²) in [4.78, 5) is 38.2. The second kappa shape index (κ2) is 64.1. The molecule has 0 aliphatic carbocycles. The number of esters is 3. The molecule has 436 valence electrons. The van der Waals surface area contributed by atoms with E-state index in [0.717, 1.165) is 109 Å². The highest BCUT2D eigenvalue weighted by atomic mass is 16.6. The summed E-state index contributed by atoms with van der Waals surface area (Å²) in [5, 5.41) is 0. The molecule has 0 heterocycles. The van der Waals surface area contributed by atoms with Crippen LogP contribution in [0.25, 0.3) is 0 Å². The topological polar surface area (TPSA) is 78.9 Å². The van der Waals surface area contributed by atoms with Gasteiger partial charge in [0.2, 0.25) is 0 Å². The fourth-order valence-electron chi connectivity index (χ4n) is 8.50. The number of hydrogen-bond donors (Lipinski definition) is 0. The van der Waals surface area contributed by atoms with Crippen molar-refractivity contribution in [2.24, 2.45) is 0 Å². The lowest BCUT2D eigenvalue weighted by molar-refractivity contribution is -0.166. The van der Waals surface area contributed by atoms with E-state index in [1.165, 1.54) is 122 Å². The van der Waals surface area contributed by atoms with E-state index in [2.05, 4.69) is 148 Å². The van der Waals surface area contributed by atoms with Crippen LogP contribution >= 0.6 is 0 Å². The van der Waals surface area contributed by atoms with Crippen molar-refractivity contribution in [3.8, 4) is 0 Å². The normalized spacial score (nSPS) is 13.0. The highest BCUT2D eigenvalue weighted by Gasteiger charge is 2.19. The number of unbranched alkanes of at least 4 members (excludes halogenated alkanes) is 23. The summed E-state index contributed by atoms with van der Waals surface area (Å²) >= 11 is 0. The van der Waals surface area contributed by atoms with Crippen LogP contribution in [0.2, 0.25) is 0 Å². The molecule has 0 radical (unpaired) electrons. The van der Waals surface area contributed by atoms with Gasteiger partial charge in [-0.25, -0.2) is 0 Å². The fraction of sp³-hybridized carbons (Fsp3) is 0.648. The van der Waals surface area contributed by atoms with Gasteiger partial charge in [-0.05, 0) is 103 Å².